The molecule has 0 atom stereocenters. The predicted octanol–water partition coefficient (Wildman–Crippen LogP) is 1.25. The molecule has 0 aliphatic rings. The van der Waals surface area contributed by atoms with Crippen LogP contribution in [0.5, 0.6) is 0 Å². The van der Waals surface area contributed by atoms with Crippen LogP contribution in [-0.4, -0.2) is 43.9 Å². The molecule has 0 saturated heterocycles. The monoisotopic (exact) mass is 336 g/mol. The Balaban J connectivity index is 1.47. The summed E-state index contributed by atoms with van der Waals surface area (Å²) in [5, 5.41) is 8.95. The molecule has 25 heavy (non-hydrogen) atoms. The maximum Gasteiger partial charge on any atom is 0.271 e. The molecule has 0 aromatic carbocycles. The van der Waals surface area contributed by atoms with E-state index < -0.39 is 0 Å². The Bertz CT molecular complexity index is 813. The second-order valence-electron chi connectivity index (χ2n) is 4.90. The smallest absolute Gasteiger partial charge is 0.271 e. The maximum atomic E-state index is 11.8. The van der Waals surface area contributed by atoms with E-state index in [1.807, 2.05) is 18.2 Å². The number of aromatic nitrogens is 5. The zero-order valence-electron chi connectivity index (χ0n) is 13.3. The average Bonchev–Trinajstić information content (AvgIpc) is 2.67. The van der Waals surface area contributed by atoms with E-state index in [0.29, 0.717) is 30.5 Å². The first kappa shape index (κ1) is 16.2. The summed E-state index contributed by atoms with van der Waals surface area (Å²) >= 11 is 0. The number of nitrogens with one attached hydrogen (secondary N) is 3. The average molecular weight is 336 g/mol. The number of nitrogens with zero attached hydrogens (tertiary/aromatic N) is 5. The fourth-order valence-electron chi connectivity index (χ4n) is 1.96. The summed E-state index contributed by atoms with van der Waals surface area (Å²) in [5.74, 6) is 1.69. The molecule has 0 saturated carbocycles. The fourth-order valence-corrected chi connectivity index (χ4v) is 1.96. The fraction of sp³-hybridized carbons (Fsp3) is 0.125. The van der Waals surface area contributed by atoms with Crippen molar-refractivity contribution < 1.29 is 4.79 Å². The van der Waals surface area contributed by atoms with E-state index in [1.54, 1.807) is 12.3 Å². The van der Waals surface area contributed by atoms with E-state index in [4.69, 9.17) is 0 Å². The van der Waals surface area contributed by atoms with Crippen LogP contribution in [0.2, 0.25) is 0 Å². The second-order valence-corrected chi connectivity index (χ2v) is 4.90. The molecule has 3 N–H and O–H groups in total. The van der Waals surface area contributed by atoms with E-state index >= 15 is 0 Å². The first-order valence-corrected chi connectivity index (χ1v) is 7.59. The zero-order valence-corrected chi connectivity index (χ0v) is 13.3. The number of anilines is 3. The quantitative estimate of drug-likeness (QED) is 0.552. The molecule has 0 aliphatic carbocycles. The molecule has 3 heterocycles. The lowest BCUT2D eigenvalue weighted by atomic mass is 10.4. The van der Waals surface area contributed by atoms with Crippen LogP contribution in [0.4, 0.5) is 17.5 Å². The van der Waals surface area contributed by atoms with E-state index in [-0.39, 0.29) is 11.6 Å². The molecule has 3 aromatic rings. The molecule has 9 nitrogen and oxygen atoms in total. The third-order valence-corrected chi connectivity index (χ3v) is 3.10. The number of rotatable bonds is 7. The van der Waals surface area contributed by atoms with Crippen LogP contribution < -0.4 is 16.0 Å². The number of hydrogen-bond donors (Lipinski definition) is 3. The lowest BCUT2D eigenvalue weighted by molar-refractivity contribution is 0.0950. The standard InChI is InChI=1S/C16H16N8O/c25-16(12-10-17-5-6-18-12)21-8-7-20-14-9-15(23-11-22-14)24-13-3-1-2-4-19-13/h1-6,9-11H,7-8H2,(H,21,25)(H2,19,20,22,23,24). The third-order valence-electron chi connectivity index (χ3n) is 3.10. The molecule has 0 unspecified atom stereocenters. The highest BCUT2D eigenvalue weighted by Crippen LogP contribution is 2.13. The van der Waals surface area contributed by atoms with Crippen molar-refractivity contribution in [1.29, 1.82) is 0 Å². The van der Waals surface area contributed by atoms with Gasteiger partial charge in [-0.1, -0.05) is 6.07 Å². The molecule has 3 rings (SSSR count). The highest BCUT2D eigenvalue weighted by Gasteiger charge is 2.05. The van der Waals surface area contributed by atoms with Crippen molar-refractivity contribution in [3.63, 3.8) is 0 Å². The van der Waals surface area contributed by atoms with Crippen LogP contribution in [0, 0.1) is 0 Å². The Labute approximate surface area is 144 Å². The molecule has 0 spiro atoms. The Hall–Kier alpha value is -3.62. The lowest BCUT2D eigenvalue weighted by Crippen LogP contribution is -2.29. The summed E-state index contributed by atoms with van der Waals surface area (Å²) in [4.78, 5) is 32.1. The lowest BCUT2D eigenvalue weighted by Gasteiger charge is -2.09. The van der Waals surface area contributed by atoms with Crippen molar-refractivity contribution in [1.82, 2.24) is 30.2 Å². The number of carbonyl (C=O) groups is 1. The molecule has 9 heteroatoms. The van der Waals surface area contributed by atoms with Crippen molar-refractivity contribution in [2.24, 2.45) is 0 Å². The minimum absolute atomic E-state index is 0.268. The summed E-state index contributed by atoms with van der Waals surface area (Å²) < 4.78 is 0. The van der Waals surface area contributed by atoms with Gasteiger partial charge in [-0.25, -0.2) is 19.9 Å². The first-order chi connectivity index (χ1) is 12.3. The van der Waals surface area contributed by atoms with Crippen LogP contribution in [-0.2, 0) is 0 Å². The predicted molar refractivity (Wildman–Crippen MR) is 92.4 cm³/mol. The van der Waals surface area contributed by atoms with Crippen molar-refractivity contribution in [2.75, 3.05) is 23.7 Å². The van der Waals surface area contributed by atoms with Crippen molar-refractivity contribution >= 4 is 23.4 Å². The highest BCUT2D eigenvalue weighted by atomic mass is 16.1. The Morgan fingerprint density at radius 2 is 1.84 bits per heavy atom. The summed E-state index contributed by atoms with van der Waals surface area (Å²) in [6.07, 6.45) is 7.56. The molecule has 0 aliphatic heterocycles. The van der Waals surface area contributed by atoms with Crippen LogP contribution in [0.1, 0.15) is 10.5 Å². The summed E-state index contributed by atoms with van der Waals surface area (Å²) in [7, 11) is 0. The molecule has 0 radical (unpaired) electrons. The van der Waals surface area contributed by atoms with Gasteiger partial charge in [0.25, 0.3) is 5.91 Å². The van der Waals surface area contributed by atoms with Gasteiger partial charge >= 0.3 is 0 Å². The number of hydrogen-bond acceptors (Lipinski definition) is 8. The molecule has 126 valence electrons. The second kappa shape index (κ2) is 8.29. The van der Waals surface area contributed by atoms with Gasteiger partial charge in [-0.2, -0.15) is 0 Å². The van der Waals surface area contributed by atoms with E-state index in [2.05, 4.69) is 40.9 Å². The van der Waals surface area contributed by atoms with Gasteiger partial charge in [0, 0.05) is 37.7 Å². The Morgan fingerprint density at radius 3 is 2.64 bits per heavy atom. The van der Waals surface area contributed by atoms with Crippen LogP contribution in [0.15, 0.2) is 55.4 Å². The van der Waals surface area contributed by atoms with E-state index in [9.17, 15) is 4.79 Å². The van der Waals surface area contributed by atoms with E-state index in [1.165, 1.54) is 24.9 Å². The first-order valence-electron chi connectivity index (χ1n) is 7.59. The summed E-state index contributed by atoms with van der Waals surface area (Å²) in [6.45, 7) is 0.925. The van der Waals surface area contributed by atoms with Crippen LogP contribution >= 0.6 is 0 Å². The van der Waals surface area contributed by atoms with Crippen LogP contribution in [0.3, 0.4) is 0 Å². The molecular weight excluding hydrogens is 320 g/mol. The minimum atomic E-state index is -0.268. The van der Waals surface area contributed by atoms with Gasteiger partial charge in [-0.3, -0.25) is 9.78 Å². The molecule has 0 bridgehead atoms. The van der Waals surface area contributed by atoms with Crippen molar-refractivity contribution in [3.8, 4) is 0 Å². The van der Waals surface area contributed by atoms with Gasteiger partial charge < -0.3 is 16.0 Å². The van der Waals surface area contributed by atoms with E-state index in [0.717, 1.165) is 0 Å². The molecule has 1 amide bonds. The van der Waals surface area contributed by atoms with Gasteiger partial charge in [0.2, 0.25) is 0 Å². The van der Waals surface area contributed by atoms with Crippen molar-refractivity contribution in [2.45, 2.75) is 0 Å². The van der Waals surface area contributed by atoms with Crippen molar-refractivity contribution in [3.05, 3.63) is 61.1 Å². The number of carbonyl (C=O) groups excluding carboxylic acids is 1. The zero-order chi connectivity index (χ0) is 17.3. The maximum absolute atomic E-state index is 11.8. The Kier molecular flexibility index (Phi) is 5.39. The summed E-state index contributed by atoms with van der Waals surface area (Å²) in [5.41, 5.74) is 0.284. The number of amides is 1. The highest BCUT2D eigenvalue weighted by molar-refractivity contribution is 5.91. The van der Waals surface area contributed by atoms with Gasteiger partial charge in [0.05, 0.1) is 6.20 Å². The normalized spacial score (nSPS) is 10.1. The van der Waals surface area contributed by atoms with Crippen LogP contribution in [0.25, 0.3) is 0 Å². The van der Waals surface area contributed by atoms with Gasteiger partial charge in [-0.05, 0) is 12.1 Å². The minimum Gasteiger partial charge on any atom is -0.368 e. The third kappa shape index (κ3) is 4.93. The van der Waals surface area contributed by atoms with Gasteiger partial charge in [0.1, 0.15) is 29.5 Å². The van der Waals surface area contributed by atoms with Gasteiger partial charge in [-0.15, -0.1) is 0 Å². The number of pyridine rings is 1. The molecule has 0 fully saturated rings. The molecule has 3 aromatic heterocycles. The SMILES string of the molecule is O=C(NCCNc1cc(Nc2ccccn2)ncn1)c1cnccn1. The van der Waals surface area contributed by atoms with Gasteiger partial charge in [0.15, 0.2) is 0 Å². The summed E-state index contributed by atoms with van der Waals surface area (Å²) in [6, 6.07) is 7.33. The topological polar surface area (TPSA) is 118 Å². The Morgan fingerprint density at radius 1 is 0.920 bits per heavy atom. The largest absolute Gasteiger partial charge is 0.368 e. The molecular formula is C16H16N8O.